The average molecular weight is 298 g/mol. The van der Waals surface area contributed by atoms with Crippen molar-refractivity contribution >= 4 is 11.9 Å². The van der Waals surface area contributed by atoms with E-state index < -0.39 is 0 Å². The van der Waals surface area contributed by atoms with Gasteiger partial charge in [-0.1, -0.05) is 32.4 Å². The van der Waals surface area contributed by atoms with Gasteiger partial charge in [0, 0.05) is 12.5 Å². The molecule has 0 saturated carbocycles. The van der Waals surface area contributed by atoms with Gasteiger partial charge in [-0.25, -0.2) is 4.79 Å². The predicted octanol–water partition coefficient (Wildman–Crippen LogP) is 4.20. The first-order chi connectivity index (χ1) is 10.1. The second kappa shape index (κ2) is 18.4. The summed E-state index contributed by atoms with van der Waals surface area (Å²) in [6.45, 7) is 8.16. The van der Waals surface area contributed by atoms with Crippen molar-refractivity contribution in [3.05, 3.63) is 24.8 Å². The highest BCUT2D eigenvalue weighted by Crippen LogP contribution is 2.04. The number of unbranched alkanes of at least 4 members (excludes halogenated alkanes) is 3. The van der Waals surface area contributed by atoms with Crippen LogP contribution in [0.25, 0.3) is 0 Å². The van der Waals surface area contributed by atoms with E-state index in [0.717, 1.165) is 38.5 Å². The maximum absolute atomic E-state index is 11.0. The minimum Gasteiger partial charge on any atom is -0.466 e. The highest BCUT2D eigenvalue weighted by Gasteiger charge is 2.00. The van der Waals surface area contributed by atoms with Crippen molar-refractivity contribution in [1.29, 1.82) is 0 Å². The molecule has 4 nitrogen and oxygen atoms in total. The molecule has 0 heterocycles. The first-order valence-corrected chi connectivity index (χ1v) is 7.63. The van der Waals surface area contributed by atoms with Gasteiger partial charge in [0.05, 0.1) is 13.7 Å². The molecule has 0 fully saturated rings. The molecule has 21 heavy (non-hydrogen) atoms. The van der Waals surface area contributed by atoms with E-state index >= 15 is 0 Å². The number of esters is 2. The first kappa shape index (κ1) is 21.7. The number of ether oxygens (including phenoxy) is 2. The molecule has 122 valence electrons. The van der Waals surface area contributed by atoms with Crippen LogP contribution in [0.2, 0.25) is 0 Å². The van der Waals surface area contributed by atoms with Crippen molar-refractivity contribution in [2.24, 2.45) is 0 Å². The summed E-state index contributed by atoms with van der Waals surface area (Å²) in [5.41, 5.74) is 0. The summed E-state index contributed by atoms with van der Waals surface area (Å²) in [5, 5.41) is 0. The van der Waals surface area contributed by atoms with Crippen molar-refractivity contribution in [2.45, 2.75) is 58.8 Å². The lowest BCUT2D eigenvalue weighted by Crippen LogP contribution is -2.04. The zero-order chi connectivity index (χ0) is 16.3. The summed E-state index contributed by atoms with van der Waals surface area (Å²) in [6.07, 6.45) is 11.6. The average Bonchev–Trinajstić information content (AvgIpc) is 2.50. The van der Waals surface area contributed by atoms with Crippen LogP contribution in [0.5, 0.6) is 0 Å². The number of allylic oxidation sites excluding steroid dienone is 2. The standard InChI is InChI=1S/C11H20O2.C6H10O2/c1-3-5-6-7-8-9-11(12)13-10-4-2;1-3-4-5-6(7)8-2/h3H,1,4-10H2,2H3;4-5H,3H2,1-2H3. The van der Waals surface area contributed by atoms with Gasteiger partial charge in [-0.2, -0.15) is 0 Å². The number of rotatable bonds is 10. The Morgan fingerprint density at radius 3 is 2.38 bits per heavy atom. The van der Waals surface area contributed by atoms with Gasteiger partial charge < -0.3 is 9.47 Å². The van der Waals surface area contributed by atoms with Crippen LogP contribution in [0.1, 0.15) is 58.8 Å². The summed E-state index contributed by atoms with van der Waals surface area (Å²) >= 11 is 0. The zero-order valence-electron chi connectivity index (χ0n) is 13.7. The summed E-state index contributed by atoms with van der Waals surface area (Å²) in [5.74, 6) is -0.340. The van der Waals surface area contributed by atoms with Crippen LogP contribution in [0, 0.1) is 0 Å². The van der Waals surface area contributed by atoms with E-state index in [2.05, 4.69) is 11.3 Å². The van der Waals surface area contributed by atoms with E-state index in [4.69, 9.17) is 4.74 Å². The topological polar surface area (TPSA) is 52.6 Å². The smallest absolute Gasteiger partial charge is 0.330 e. The summed E-state index contributed by atoms with van der Waals surface area (Å²) in [7, 11) is 1.36. The fraction of sp³-hybridized carbons (Fsp3) is 0.647. The van der Waals surface area contributed by atoms with Crippen molar-refractivity contribution in [3.8, 4) is 0 Å². The van der Waals surface area contributed by atoms with Gasteiger partial charge in [0.2, 0.25) is 0 Å². The van der Waals surface area contributed by atoms with Crippen LogP contribution in [-0.2, 0) is 19.1 Å². The van der Waals surface area contributed by atoms with Gasteiger partial charge in [-0.15, -0.1) is 6.58 Å². The Labute approximate surface area is 129 Å². The van der Waals surface area contributed by atoms with E-state index in [-0.39, 0.29) is 11.9 Å². The van der Waals surface area contributed by atoms with Gasteiger partial charge >= 0.3 is 11.9 Å². The molecule has 0 aromatic heterocycles. The van der Waals surface area contributed by atoms with E-state index in [1.54, 1.807) is 6.08 Å². The van der Waals surface area contributed by atoms with Crippen LogP contribution in [0.3, 0.4) is 0 Å². The van der Waals surface area contributed by atoms with Gasteiger partial charge in [0.25, 0.3) is 0 Å². The lowest BCUT2D eigenvalue weighted by molar-refractivity contribution is -0.143. The molecule has 0 rings (SSSR count). The maximum Gasteiger partial charge on any atom is 0.330 e. The quantitative estimate of drug-likeness (QED) is 0.262. The van der Waals surface area contributed by atoms with Crippen molar-refractivity contribution < 1.29 is 19.1 Å². The number of hydrogen-bond donors (Lipinski definition) is 0. The molecule has 0 amide bonds. The Morgan fingerprint density at radius 2 is 1.86 bits per heavy atom. The van der Waals surface area contributed by atoms with Crippen molar-refractivity contribution in [3.63, 3.8) is 0 Å². The van der Waals surface area contributed by atoms with Gasteiger partial charge in [0.1, 0.15) is 0 Å². The van der Waals surface area contributed by atoms with Crippen LogP contribution >= 0.6 is 0 Å². The fourth-order valence-corrected chi connectivity index (χ4v) is 1.30. The second-order valence-corrected chi connectivity index (χ2v) is 4.44. The SMILES string of the molecule is C=CCCCCCC(=O)OCCC.CCC=CC(=O)OC. The van der Waals surface area contributed by atoms with Crippen LogP contribution in [0.15, 0.2) is 24.8 Å². The maximum atomic E-state index is 11.0. The molecule has 0 bridgehead atoms. The van der Waals surface area contributed by atoms with E-state index in [1.165, 1.54) is 13.2 Å². The molecule has 0 aromatic rings. The molecule has 0 spiro atoms. The van der Waals surface area contributed by atoms with Crippen molar-refractivity contribution in [2.75, 3.05) is 13.7 Å². The van der Waals surface area contributed by atoms with E-state index in [1.807, 2.05) is 19.9 Å². The molecule has 0 aliphatic rings. The Balaban J connectivity index is 0. The number of carbonyl (C=O) groups excluding carboxylic acids is 2. The minimum absolute atomic E-state index is 0.0551. The highest BCUT2D eigenvalue weighted by atomic mass is 16.5. The van der Waals surface area contributed by atoms with Gasteiger partial charge in [-0.3, -0.25) is 4.79 Å². The molecule has 0 unspecified atom stereocenters. The lowest BCUT2D eigenvalue weighted by atomic mass is 10.1. The van der Waals surface area contributed by atoms with Gasteiger partial charge in [0.15, 0.2) is 0 Å². The third-order valence-electron chi connectivity index (χ3n) is 2.45. The van der Waals surface area contributed by atoms with Crippen LogP contribution < -0.4 is 0 Å². The molecule has 0 N–H and O–H groups in total. The summed E-state index contributed by atoms with van der Waals surface area (Å²) < 4.78 is 9.27. The molecule has 0 aliphatic carbocycles. The largest absolute Gasteiger partial charge is 0.466 e. The number of carbonyl (C=O) groups is 2. The second-order valence-electron chi connectivity index (χ2n) is 4.44. The third-order valence-corrected chi connectivity index (χ3v) is 2.45. The first-order valence-electron chi connectivity index (χ1n) is 7.63. The van der Waals surface area contributed by atoms with Crippen LogP contribution in [-0.4, -0.2) is 25.7 Å². The zero-order valence-corrected chi connectivity index (χ0v) is 13.7. The van der Waals surface area contributed by atoms with Crippen LogP contribution in [0.4, 0.5) is 0 Å². The highest BCUT2D eigenvalue weighted by molar-refractivity contribution is 5.81. The fourth-order valence-electron chi connectivity index (χ4n) is 1.30. The molecular weight excluding hydrogens is 268 g/mol. The number of hydrogen-bond acceptors (Lipinski definition) is 4. The normalized spacial score (nSPS) is 9.67. The molecule has 0 aliphatic heterocycles. The summed E-state index contributed by atoms with van der Waals surface area (Å²) in [6, 6.07) is 0. The summed E-state index contributed by atoms with van der Waals surface area (Å²) in [4.78, 5) is 21.3. The molecule has 0 atom stereocenters. The molecule has 0 saturated heterocycles. The Morgan fingerprint density at radius 1 is 1.14 bits per heavy atom. The molecule has 0 aromatic carbocycles. The monoisotopic (exact) mass is 298 g/mol. The Hall–Kier alpha value is -1.58. The minimum atomic E-state index is -0.285. The predicted molar refractivity (Wildman–Crippen MR) is 86.0 cm³/mol. The number of methoxy groups -OCH3 is 1. The Bertz CT molecular complexity index is 295. The van der Waals surface area contributed by atoms with Gasteiger partial charge in [-0.05, 0) is 32.1 Å². The molecule has 0 radical (unpaired) electrons. The molecule has 4 heteroatoms. The van der Waals surface area contributed by atoms with Crippen molar-refractivity contribution in [1.82, 2.24) is 0 Å². The molecular formula is C17H30O4. The lowest BCUT2D eigenvalue weighted by Gasteiger charge is -2.01. The third kappa shape index (κ3) is 20.9. The Kier molecular flexibility index (Phi) is 19.0. The van der Waals surface area contributed by atoms with E-state index in [0.29, 0.717) is 13.0 Å². The van der Waals surface area contributed by atoms with E-state index in [9.17, 15) is 9.59 Å².